The third-order valence-electron chi connectivity index (χ3n) is 11.1. The first-order valence-corrected chi connectivity index (χ1v) is 19.8. The van der Waals surface area contributed by atoms with Gasteiger partial charge in [-0.15, -0.1) is 11.3 Å². The van der Waals surface area contributed by atoms with E-state index < -0.39 is 0 Å². The normalized spacial score (nSPS) is 11.9. The number of hydrogen-bond acceptors (Lipinski definition) is 5. The molecule has 0 spiro atoms. The Morgan fingerprint density at radius 1 is 0.386 bits per heavy atom. The molecule has 12 rings (SSSR count). The molecule has 0 aliphatic heterocycles. The van der Waals surface area contributed by atoms with E-state index in [1.54, 1.807) is 0 Å². The van der Waals surface area contributed by atoms with Crippen LogP contribution in [-0.2, 0) is 0 Å². The number of hydrogen-bond donors (Lipinski definition) is 0. The summed E-state index contributed by atoms with van der Waals surface area (Å²) in [5.74, 6) is 1.74. The fourth-order valence-electron chi connectivity index (χ4n) is 8.56. The van der Waals surface area contributed by atoms with Crippen molar-refractivity contribution >= 4 is 75.3 Å². The van der Waals surface area contributed by atoms with Gasteiger partial charge in [0.15, 0.2) is 11.6 Å². The highest BCUT2D eigenvalue weighted by atomic mass is 32.1. The molecular formula is C50H30N6S. The highest BCUT2D eigenvalue weighted by molar-refractivity contribution is 7.25. The summed E-state index contributed by atoms with van der Waals surface area (Å²) >= 11 is 1.83. The fourth-order valence-corrected chi connectivity index (χ4v) is 9.64. The third-order valence-corrected chi connectivity index (χ3v) is 12.2. The lowest BCUT2D eigenvalue weighted by molar-refractivity contribution is 0.952. The Labute approximate surface area is 330 Å². The van der Waals surface area contributed by atoms with Crippen LogP contribution in [0.15, 0.2) is 182 Å². The molecule has 0 aliphatic rings. The zero-order chi connectivity index (χ0) is 37.5. The minimum atomic E-state index is 0.558. The summed E-state index contributed by atoms with van der Waals surface area (Å²) in [5.41, 5.74) is 10.0. The van der Waals surface area contributed by atoms with E-state index in [0.29, 0.717) is 17.6 Å². The van der Waals surface area contributed by atoms with Crippen LogP contribution in [0.1, 0.15) is 0 Å². The van der Waals surface area contributed by atoms with Gasteiger partial charge in [0.1, 0.15) is 0 Å². The molecule has 0 amide bonds. The second-order valence-corrected chi connectivity index (χ2v) is 15.3. The van der Waals surface area contributed by atoms with E-state index in [1.165, 1.54) is 20.2 Å². The highest BCUT2D eigenvalue weighted by Gasteiger charge is 2.24. The van der Waals surface area contributed by atoms with Crippen molar-refractivity contribution in [3.8, 4) is 45.5 Å². The molecule has 0 aliphatic carbocycles. The number of pyridine rings is 1. The summed E-state index contributed by atoms with van der Waals surface area (Å²) in [6.07, 6.45) is 1.87. The lowest BCUT2D eigenvalue weighted by Crippen LogP contribution is -2.08. The average Bonchev–Trinajstić information content (AvgIpc) is 3.94. The Kier molecular flexibility index (Phi) is 7.00. The fraction of sp³-hybridized carbons (Fsp3) is 0. The van der Waals surface area contributed by atoms with Gasteiger partial charge in [-0.3, -0.25) is 9.55 Å². The van der Waals surface area contributed by atoms with E-state index in [-0.39, 0.29) is 0 Å². The molecule has 12 aromatic rings. The molecule has 6 nitrogen and oxygen atoms in total. The first-order chi connectivity index (χ1) is 28.3. The van der Waals surface area contributed by atoms with E-state index >= 15 is 0 Å². The summed E-state index contributed by atoms with van der Waals surface area (Å²) in [6.45, 7) is 0. The van der Waals surface area contributed by atoms with Crippen LogP contribution in [0, 0.1) is 0 Å². The Hall–Kier alpha value is -7.48. The van der Waals surface area contributed by atoms with Crippen LogP contribution in [0.25, 0.3) is 109 Å². The minimum Gasteiger partial charge on any atom is -0.306 e. The Balaban J connectivity index is 1.21. The second kappa shape index (κ2) is 12.5. The molecule has 0 N–H and O–H groups in total. The number of fused-ring (bicyclic) bond motifs is 9. The molecule has 0 saturated carbocycles. The predicted molar refractivity (Wildman–Crippen MR) is 235 cm³/mol. The van der Waals surface area contributed by atoms with Gasteiger partial charge in [-0.2, -0.15) is 9.97 Å². The van der Waals surface area contributed by atoms with Crippen LogP contribution in [0.5, 0.6) is 0 Å². The molecule has 0 radical (unpaired) electrons. The van der Waals surface area contributed by atoms with Crippen molar-refractivity contribution in [2.45, 2.75) is 0 Å². The molecule has 266 valence electrons. The second-order valence-electron chi connectivity index (χ2n) is 14.3. The highest BCUT2D eigenvalue weighted by Crippen LogP contribution is 2.43. The van der Waals surface area contributed by atoms with Crippen LogP contribution in [0.3, 0.4) is 0 Å². The summed E-state index contributed by atoms with van der Waals surface area (Å²) in [6, 6.07) is 61.8. The Bertz CT molecular complexity index is 3430. The van der Waals surface area contributed by atoms with E-state index in [2.05, 4.69) is 161 Å². The Morgan fingerprint density at radius 3 is 1.79 bits per heavy atom. The number of benzene rings is 7. The Morgan fingerprint density at radius 2 is 1.00 bits per heavy atom. The zero-order valence-corrected chi connectivity index (χ0v) is 31.2. The van der Waals surface area contributed by atoms with Crippen LogP contribution >= 0.6 is 11.3 Å². The number of para-hydroxylation sites is 4. The van der Waals surface area contributed by atoms with Crippen molar-refractivity contribution in [2.75, 3.05) is 0 Å². The quantitative estimate of drug-likeness (QED) is 0.176. The van der Waals surface area contributed by atoms with Gasteiger partial charge in [-0.25, -0.2) is 4.98 Å². The summed E-state index contributed by atoms with van der Waals surface area (Å²) < 4.78 is 7.07. The van der Waals surface area contributed by atoms with Gasteiger partial charge < -0.3 is 4.57 Å². The van der Waals surface area contributed by atoms with E-state index in [9.17, 15) is 0 Å². The van der Waals surface area contributed by atoms with Crippen molar-refractivity contribution in [3.05, 3.63) is 182 Å². The standard InChI is InChI=1S/C50H30N6S/c1-2-14-31(15-3-1)48-52-49(54-50(53-48)56-40-22-8-4-16-34(40)35-17-5-9-23-41(35)56)38-21-12-20-33(32-27-28-45-39(30-32)36-18-7-11-26-44(36)57-45)47(38)55-42-24-10-6-19-37(42)46-43(55)25-13-29-51-46/h1-30H. The first kappa shape index (κ1) is 31.8. The van der Waals surface area contributed by atoms with Gasteiger partial charge >= 0.3 is 0 Å². The number of nitrogens with zero attached hydrogens (tertiary/aromatic N) is 6. The molecule has 0 atom stereocenters. The summed E-state index contributed by atoms with van der Waals surface area (Å²) in [5, 5.41) is 5.88. The molecule has 7 aromatic carbocycles. The molecule has 0 bridgehead atoms. The smallest absolute Gasteiger partial charge is 0.238 e. The van der Waals surface area contributed by atoms with Crippen molar-refractivity contribution < 1.29 is 0 Å². The topological polar surface area (TPSA) is 61.4 Å². The maximum absolute atomic E-state index is 5.43. The number of thiophene rings is 1. The van der Waals surface area contributed by atoms with Gasteiger partial charge in [0, 0.05) is 59.2 Å². The van der Waals surface area contributed by atoms with Crippen LogP contribution in [0.4, 0.5) is 0 Å². The van der Waals surface area contributed by atoms with E-state index in [1.807, 2.05) is 41.8 Å². The molecule has 0 saturated heterocycles. The zero-order valence-electron chi connectivity index (χ0n) is 30.4. The van der Waals surface area contributed by atoms with Crippen molar-refractivity contribution in [2.24, 2.45) is 0 Å². The van der Waals surface area contributed by atoms with E-state index in [4.69, 9.17) is 19.9 Å². The van der Waals surface area contributed by atoms with Crippen molar-refractivity contribution in [3.63, 3.8) is 0 Å². The average molecular weight is 747 g/mol. The SMILES string of the molecule is c1ccc(-c2nc(-c3cccc(-c4ccc5sc6ccccc6c5c4)c3-n3c4ccccc4c4ncccc43)nc(-n3c4ccccc4c4ccccc43)n2)cc1. The molecule has 57 heavy (non-hydrogen) atoms. The van der Waals surface area contributed by atoms with Gasteiger partial charge in [0.25, 0.3) is 0 Å². The molecule has 7 heteroatoms. The largest absolute Gasteiger partial charge is 0.306 e. The lowest BCUT2D eigenvalue weighted by atomic mass is 9.97. The molecular weight excluding hydrogens is 717 g/mol. The van der Waals surface area contributed by atoms with Gasteiger partial charge in [0.05, 0.1) is 33.3 Å². The van der Waals surface area contributed by atoms with Gasteiger partial charge in [-0.05, 0) is 60.2 Å². The van der Waals surface area contributed by atoms with Crippen LogP contribution in [-0.4, -0.2) is 29.1 Å². The maximum Gasteiger partial charge on any atom is 0.238 e. The van der Waals surface area contributed by atoms with Crippen molar-refractivity contribution in [1.82, 2.24) is 29.1 Å². The van der Waals surface area contributed by atoms with E-state index in [0.717, 1.165) is 71.7 Å². The number of aromatic nitrogens is 6. The first-order valence-electron chi connectivity index (χ1n) is 19.0. The molecule has 5 heterocycles. The molecule has 0 fully saturated rings. The monoisotopic (exact) mass is 746 g/mol. The van der Waals surface area contributed by atoms with Gasteiger partial charge in [0.2, 0.25) is 5.95 Å². The summed E-state index contributed by atoms with van der Waals surface area (Å²) in [7, 11) is 0. The third kappa shape index (κ3) is 4.89. The van der Waals surface area contributed by atoms with Gasteiger partial charge in [-0.1, -0.05) is 121 Å². The van der Waals surface area contributed by atoms with Crippen LogP contribution in [0.2, 0.25) is 0 Å². The molecule has 0 unspecified atom stereocenters. The number of rotatable bonds is 5. The predicted octanol–water partition coefficient (Wildman–Crippen LogP) is 12.8. The summed E-state index contributed by atoms with van der Waals surface area (Å²) in [4.78, 5) is 20.9. The lowest BCUT2D eigenvalue weighted by Gasteiger charge is -2.19. The maximum atomic E-state index is 5.43. The van der Waals surface area contributed by atoms with Crippen molar-refractivity contribution in [1.29, 1.82) is 0 Å². The molecule has 5 aromatic heterocycles. The minimum absolute atomic E-state index is 0.558. The van der Waals surface area contributed by atoms with Crippen LogP contribution < -0.4 is 0 Å².